The molecule has 0 unspecified atom stereocenters. The molecule has 4 nitrogen and oxygen atoms in total. The molecular weight excluding hydrogens is 432 g/mol. The van der Waals surface area contributed by atoms with E-state index in [1.165, 1.54) is 7.11 Å². The Kier molecular flexibility index (Phi) is 7.26. The summed E-state index contributed by atoms with van der Waals surface area (Å²) >= 11 is 9.16. The maximum atomic E-state index is 12.4. The number of ether oxygens (including phenoxy) is 1. The monoisotopic (exact) mass is 456 g/mol. The number of carbonyl (C=O) groups is 3. The third-order valence-electron chi connectivity index (χ3n) is 5.52. The molecular formula is C21H26BrClO4. The van der Waals surface area contributed by atoms with Crippen molar-refractivity contribution in [2.24, 2.45) is 5.92 Å². The predicted octanol–water partition coefficient (Wildman–Crippen LogP) is 5.19. The van der Waals surface area contributed by atoms with Crippen molar-refractivity contribution >= 4 is 44.5 Å². The largest absolute Gasteiger partial charge is 0.469 e. The highest BCUT2D eigenvalue weighted by Gasteiger charge is 2.39. The van der Waals surface area contributed by atoms with E-state index in [-0.39, 0.29) is 34.7 Å². The Hall–Kier alpha value is -1.20. The topological polar surface area (TPSA) is 60.4 Å². The molecule has 0 spiro atoms. The van der Waals surface area contributed by atoms with Crippen LogP contribution in [0.1, 0.15) is 68.3 Å². The number of rotatable bonds is 7. The fraction of sp³-hybridized carbons (Fsp3) is 0.571. The smallest absolute Gasteiger partial charge is 0.305 e. The van der Waals surface area contributed by atoms with Crippen molar-refractivity contribution in [2.75, 3.05) is 7.11 Å². The Morgan fingerprint density at radius 2 is 1.74 bits per heavy atom. The maximum Gasteiger partial charge on any atom is 0.305 e. The SMILES string of the molecule is COC(=O)CC1CCC(CC(=O)Cl)(c2ccc(C(=O)C(C)(C)Br)cc2)CC1. The lowest BCUT2D eigenvalue weighted by Gasteiger charge is -2.40. The second-order valence-electron chi connectivity index (χ2n) is 7.91. The van der Waals surface area contributed by atoms with E-state index in [1.54, 1.807) is 0 Å². The summed E-state index contributed by atoms with van der Waals surface area (Å²) in [6, 6.07) is 7.52. The number of carbonyl (C=O) groups excluding carboxylic acids is 3. The molecule has 27 heavy (non-hydrogen) atoms. The van der Waals surface area contributed by atoms with Gasteiger partial charge in [0.2, 0.25) is 5.24 Å². The third kappa shape index (κ3) is 5.64. The second-order valence-corrected chi connectivity index (χ2v) is 10.3. The van der Waals surface area contributed by atoms with Crippen molar-refractivity contribution in [3.63, 3.8) is 0 Å². The number of alkyl halides is 1. The number of hydrogen-bond acceptors (Lipinski definition) is 4. The molecule has 1 aliphatic rings. The van der Waals surface area contributed by atoms with Crippen LogP contribution in [0.15, 0.2) is 24.3 Å². The van der Waals surface area contributed by atoms with Gasteiger partial charge in [0.05, 0.1) is 11.4 Å². The highest BCUT2D eigenvalue weighted by molar-refractivity contribution is 9.10. The molecule has 0 N–H and O–H groups in total. The molecule has 148 valence electrons. The average Bonchev–Trinajstić information content (AvgIpc) is 2.61. The van der Waals surface area contributed by atoms with Crippen molar-refractivity contribution in [2.45, 2.75) is 62.1 Å². The molecule has 0 radical (unpaired) electrons. The van der Waals surface area contributed by atoms with Gasteiger partial charge in [0, 0.05) is 23.8 Å². The predicted molar refractivity (Wildman–Crippen MR) is 110 cm³/mol. The van der Waals surface area contributed by atoms with Crippen LogP contribution < -0.4 is 0 Å². The second kappa shape index (κ2) is 8.87. The third-order valence-corrected chi connectivity index (χ3v) is 6.02. The number of Topliss-reactive ketones (excluding diaryl/α,β-unsaturated/α-hetero) is 1. The van der Waals surface area contributed by atoms with E-state index >= 15 is 0 Å². The van der Waals surface area contributed by atoms with E-state index in [0.29, 0.717) is 12.0 Å². The molecule has 1 saturated carbocycles. The Morgan fingerprint density at radius 3 is 2.19 bits per heavy atom. The molecule has 1 aliphatic carbocycles. The summed E-state index contributed by atoms with van der Waals surface area (Å²) in [6.45, 7) is 3.64. The van der Waals surface area contributed by atoms with E-state index in [1.807, 2.05) is 38.1 Å². The van der Waals surface area contributed by atoms with Gasteiger partial charge in [-0.05, 0) is 62.6 Å². The van der Waals surface area contributed by atoms with Gasteiger partial charge >= 0.3 is 5.97 Å². The van der Waals surface area contributed by atoms with Crippen LogP contribution in [0.5, 0.6) is 0 Å². The molecule has 0 heterocycles. The van der Waals surface area contributed by atoms with Crippen LogP contribution >= 0.6 is 27.5 Å². The zero-order valence-electron chi connectivity index (χ0n) is 16.0. The zero-order chi connectivity index (χ0) is 20.2. The molecule has 0 amide bonds. The van der Waals surface area contributed by atoms with E-state index in [4.69, 9.17) is 16.3 Å². The van der Waals surface area contributed by atoms with Gasteiger partial charge in [0.25, 0.3) is 0 Å². The minimum absolute atomic E-state index is 0.0123. The van der Waals surface area contributed by atoms with Gasteiger partial charge in [0.15, 0.2) is 5.78 Å². The summed E-state index contributed by atoms with van der Waals surface area (Å²) in [4.78, 5) is 35.7. The standard InChI is InChI=1S/C21H26BrClO4/c1-20(2,22)19(26)15-4-6-16(7-5-15)21(13-17(23)24)10-8-14(9-11-21)12-18(25)27-3/h4-7,14H,8-13H2,1-3H3. The van der Waals surface area contributed by atoms with Gasteiger partial charge in [-0.25, -0.2) is 0 Å². The molecule has 1 fully saturated rings. The number of benzene rings is 1. The first-order chi connectivity index (χ1) is 12.6. The van der Waals surface area contributed by atoms with Crippen LogP contribution in [-0.4, -0.2) is 28.4 Å². The normalized spacial score (nSPS) is 22.9. The molecule has 0 aromatic heterocycles. The number of esters is 1. The van der Waals surface area contributed by atoms with E-state index < -0.39 is 4.32 Å². The Bertz CT molecular complexity index is 698. The minimum Gasteiger partial charge on any atom is -0.469 e. The Morgan fingerprint density at radius 1 is 1.19 bits per heavy atom. The summed E-state index contributed by atoms with van der Waals surface area (Å²) < 4.78 is 4.15. The molecule has 0 atom stereocenters. The molecule has 1 aromatic carbocycles. The molecule has 0 aliphatic heterocycles. The highest BCUT2D eigenvalue weighted by atomic mass is 79.9. The molecule has 6 heteroatoms. The zero-order valence-corrected chi connectivity index (χ0v) is 18.4. The summed E-state index contributed by atoms with van der Waals surface area (Å²) in [6.07, 6.45) is 3.92. The van der Waals surface area contributed by atoms with Crippen molar-refractivity contribution in [1.29, 1.82) is 0 Å². The number of hydrogen-bond donors (Lipinski definition) is 0. The van der Waals surface area contributed by atoms with E-state index in [0.717, 1.165) is 31.2 Å². The quantitative estimate of drug-likeness (QED) is 0.245. The van der Waals surface area contributed by atoms with Crippen LogP contribution in [-0.2, 0) is 19.7 Å². The summed E-state index contributed by atoms with van der Waals surface area (Å²) in [5.41, 5.74) is 1.32. The van der Waals surface area contributed by atoms with Gasteiger partial charge in [-0.2, -0.15) is 0 Å². The van der Waals surface area contributed by atoms with Gasteiger partial charge in [-0.1, -0.05) is 40.2 Å². The van der Waals surface area contributed by atoms with Crippen LogP contribution in [0.3, 0.4) is 0 Å². The first-order valence-electron chi connectivity index (χ1n) is 9.17. The van der Waals surface area contributed by atoms with Gasteiger partial charge < -0.3 is 4.74 Å². The fourth-order valence-electron chi connectivity index (χ4n) is 3.91. The van der Waals surface area contributed by atoms with Crippen LogP contribution in [0.25, 0.3) is 0 Å². The van der Waals surface area contributed by atoms with Gasteiger partial charge in [0.1, 0.15) is 0 Å². The first kappa shape index (κ1) is 22.1. The van der Waals surface area contributed by atoms with Crippen LogP contribution in [0, 0.1) is 5.92 Å². The lowest BCUT2D eigenvalue weighted by Crippen LogP contribution is -2.34. The average molecular weight is 458 g/mol. The number of ketones is 1. The van der Waals surface area contributed by atoms with Crippen LogP contribution in [0.2, 0.25) is 0 Å². The lowest BCUT2D eigenvalue weighted by molar-refractivity contribution is -0.142. The van der Waals surface area contributed by atoms with E-state index in [2.05, 4.69) is 15.9 Å². The fourth-order valence-corrected chi connectivity index (χ4v) is 4.39. The molecule has 2 rings (SSSR count). The van der Waals surface area contributed by atoms with Crippen molar-refractivity contribution < 1.29 is 19.1 Å². The molecule has 0 saturated heterocycles. The molecule has 0 bridgehead atoms. The summed E-state index contributed by atoms with van der Waals surface area (Å²) in [5, 5.41) is -0.358. The molecule has 1 aromatic rings. The summed E-state index contributed by atoms with van der Waals surface area (Å²) in [7, 11) is 1.40. The van der Waals surface area contributed by atoms with Crippen molar-refractivity contribution in [1.82, 2.24) is 0 Å². The Balaban J connectivity index is 2.21. The first-order valence-corrected chi connectivity index (χ1v) is 10.3. The summed E-state index contributed by atoms with van der Waals surface area (Å²) in [5.74, 6) is 0.0885. The van der Waals surface area contributed by atoms with Crippen LogP contribution in [0.4, 0.5) is 0 Å². The minimum atomic E-state index is -0.621. The number of halogens is 2. The maximum absolute atomic E-state index is 12.4. The van der Waals surface area contributed by atoms with Crippen molar-refractivity contribution in [3.8, 4) is 0 Å². The lowest BCUT2D eigenvalue weighted by atomic mass is 9.64. The van der Waals surface area contributed by atoms with Gasteiger partial charge in [-0.3, -0.25) is 14.4 Å². The highest BCUT2D eigenvalue weighted by Crippen LogP contribution is 2.45. The van der Waals surface area contributed by atoms with Crippen molar-refractivity contribution in [3.05, 3.63) is 35.4 Å². The van der Waals surface area contributed by atoms with Gasteiger partial charge in [-0.15, -0.1) is 0 Å². The number of methoxy groups -OCH3 is 1. The van der Waals surface area contributed by atoms with E-state index in [9.17, 15) is 14.4 Å². The Labute approximate surface area is 174 Å².